The third kappa shape index (κ3) is 6.64. The van der Waals surface area contributed by atoms with Crippen LogP contribution in [0.5, 0.6) is 0 Å². The minimum Gasteiger partial charge on any atom is -0.353 e. The Morgan fingerprint density at radius 1 is 0.909 bits per heavy atom. The van der Waals surface area contributed by atoms with Crippen LogP contribution >= 0.6 is 0 Å². The zero-order valence-electron chi connectivity index (χ0n) is 20.7. The zero-order valence-corrected chi connectivity index (χ0v) is 20.7. The molecular formula is C24H37N9. The van der Waals surface area contributed by atoms with Gasteiger partial charge in [0.25, 0.3) is 0 Å². The summed E-state index contributed by atoms with van der Waals surface area (Å²) in [5.41, 5.74) is 1.95. The third-order valence-electron chi connectivity index (χ3n) is 5.58. The van der Waals surface area contributed by atoms with Crippen LogP contribution in [0.3, 0.4) is 0 Å². The fourth-order valence-corrected chi connectivity index (χ4v) is 3.81. The van der Waals surface area contributed by atoms with Crippen LogP contribution < -0.4 is 15.5 Å². The van der Waals surface area contributed by atoms with Crippen molar-refractivity contribution < 1.29 is 0 Å². The Hall–Kier alpha value is -3.20. The highest BCUT2D eigenvalue weighted by Gasteiger charge is 2.14. The number of hydrogen-bond acceptors (Lipinski definition) is 8. The highest BCUT2D eigenvalue weighted by atomic mass is 15.3. The lowest BCUT2D eigenvalue weighted by Crippen LogP contribution is -2.40. The zero-order chi connectivity index (χ0) is 23.8. The summed E-state index contributed by atoms with van der Waals surface area (Å²) in [6.07, 6.45) is 5.46. The smallest absolute Gasteiger partial charge is 0.233 e. The second-order valence-corrected chi connectivity index (χ2v) is 8.45. The van der Waals surface area contributed by atoms with Gasteiger partial charge < -0.3 is 20.1 Å². The van der Waals surface area contributed by atoms with Crippen LogP contribution in [0.4, 0.5) is 23.5 Å². The molecule has 0 saturated carbocycles. The Balaban J connectivity index is 1.76. The van der Waals surface area contributed by atoms with Gasteiger partial charge in [0, 0.05) is 62.0 Å². The molecule has 9 heteroatoms. The van der Waals surface area contributed by atoms with E-state index in [-0.39, 0.29) is 0 Å². The van der Waals surface area contributed by atoms with Crippen molar-refractivity contribution in [2.24, 2.45) is 0 Å². The predicted octanol–water partition coefficient (Wildman–Crippen LogP) is 4.18. The van der Waals surface area contributed by atoms with Gasteiger partial charge in [-0.1, -0.05) is 0 Å². The Morgan fingerprint density at radius 2 is 1.58 bits per heavy atom. The average molecular weight is 452 g/mol. The number of imidazole rings is 1. The lowest BCUT2D eigenvalue weighted by Gasteiger charge is -2.30. The second-order valence-electron chi connectivity index (χ2n) is 8.45. The van der Waals surface area contributed by atoms with Crippen molar-refractivity contribution in [1.29, 1.82) is 0 Å². The second kappa shape index (κ2) is 11.6. The minimum absolute atomic E-state index is 0.485. The average Bonchev–Trinajstić information content (AvgIpc) is 3.32. The molecule has 0 aliphatic rings. The molecule has 0 unspecified atom stereocenters. The first-order valence-electron chi connectivity index (χ1n) is 11.8. The predicted molar refractivity (Wildman–Crippen MR) is 136 cm³/mol. The van der Waals surface area contributed by atoms with Crippen molar-refractivity contribution in [3.05, 3.63) is 43.0 Å². The van der Waals surface area contributed by atoms with Crippen molar-refractivity contribution in [2.45, 2.75) is 53.6 Å². The molecule has 0 aliphatic heterocycles. The maximum Gasteiger partial charge on any atom is 0.233 e. The third-order valence-corrected chi connectivity index (χ3v) is 5.58. The first-order valence-corrected chi connectivity index (χ1v) is 11.8. The topological polar surface area (TPSA) is 87.0 Å². The molecule has 2 N–H and O–H groups in total. The van der Waals surface area contributed by atoms with Crippen LogP contribution in [0.15, 0.2) is 43.0 Å². The van der Waals surface area contributed by atoms with Gasteiger partial charge >= 0.3 is 0 Å². The first-order chi connectivity index (χ1) is 15.9. The molecule has 9 nitrogen and oxygen atoms in total. The molecule has 0 bridgehead atoms. The van der Waals surface area contributed by atoms with Crippen LogP contribution in [0.2, 0.25) is 0 Å². The Bertz CT molecular complexity index is 956. The van der Waals surface area contributed by atoms with E-state index in [0.29, 0.717) is 29.9 Å². The molecule has 3 aromatic rings. The van der Waals surface area contributed by atoms with Crippen LogP contribution in [0.25, 0.3) is 5.69 Å². The van der Waals surface area contributed by atoms with Crippen molar-refractivity contribution in [3.63, 3.8) is 0 Å². The molecule has 2 heterocycles. The van der Waals surface area contributed by atoms with Gasteiger partial charge in [0.1, 0.15) is 0 Å². The fourth-order valence-electron chi connectivity index (χ4n) is 3.81. The van der Waals surface area contributed by atoms with Gasteiger partial charge in [-0.25, -0.2) is 4.98 Å². The lowest BCUT2D eigenvalue weighted by molar-refractivity contribution is 0.182. The Labute approximate surface area is 197 Å². The van der Waals surface area contributed by atoms with Gasteiger partial charge in [-0.05, 0) is 65.8 Å². The molecule has 0 aliphatic carbocycles. The largest absolute Gasteiger partial charge is 0.353 e. The SMILES string of the molecule is CCN(CC)c1nc(NCCN(C(C)C)C(C)C)nc(Nc2ccc(-n3ccnc3)cc2)n1. The van der Waals surface area contributed by atoms with Gasteiger partial charge in [0.15, 0.2) is 0 Å². The molecular weight excluding hydrogens is 414 g/mol. The monoisotopic (exact) mass is 451 g/mol. The van der Waals surface area contributed by atoms with Crippen molar-refractivity contribution >= 4 is 23.5 Å². The van der Waals surface area contributed by atoms with E-state index in [1.165, 1.54) is 0 Å². The standard InChI is InChI=1S/C24H37N9/c1-7-31(8-2)24-29-22(26-14-16-33(18(3)4)19(5)6)28-23(30-24)27-20-9-11-21(12-10-20)32-15-13-25-17-32/h9-13,15,17-19H,7-8,14,16H2,1-6H3,(H2,26,27,28,29,30). The number of nitrogens with zero attached hydrogens (tertiary/aromatic N) is 7. The number of rotatable bonds is 12. The summed E-state index contributed by atoms with van der Waals surface area (Å²) in [5, 5.41) is 6.73. The van der Waals surface area contributed by atoms with E-state index < -0.39 is 0 Å². The summed E-state index contributed by atoms with van der Waals surface area (Å²) in [6, 6.07) is 9.04. The molecule has 0 radical (unpaired) electrons. The van der Waals surface area contributed by atoms with Gasteiger partial charge in [0.2, 0.25) is 17.8 Å². The van der Waals surface area contributed by atoms with E-state index in [1.54, 1.807) is 12.5 Å². The van der Waals surface area contributed by atoms with Crippen LogP contribution in [0.1, 0.15) is 41.5 Å². The highest BCUT2D eigenvalue weighted by molar-refractivity contribution is 5.57. The van der Waals surface area contributed by atoms with E-state index in [4.69, 9.17) is 0 Å². The summed E-state index contributed by atoms with van der Waals surface area (Å²) in [4.78, 5) is 22.6. The molecule has 0 fully saturated rings. The molecule has 1 aromatic carbocycles. The first kappa shape index (κ1) is 24.4. The molecule has 33 heavy (non-hydrogen) atoms. The molecule has 3 rings (SSSR count). The van der Waals surface area contributed by atoms with Crippen LogP contribution in [0, 0.1) is 0 Å². The molecule has 0 saturated heterocycles. The lowest BCUT2D eigenvalue weighted by atomic mass is 10.2. The van der Waals surface area contributed by atoms with Gasteiger partial charge in [0.05, 0.1) is 6.33 Å². The molecule has 0 spiro atoms. The summed E-state index contributed by atoms with van der Waals surface area (Å²) < 4.78 is 1.96. The molecule has 178 valence electrons. The normalized spacial score (nSPS) is 11.4. The van der Waals surface area contributed by atoms with E-state index in [0.717, 1.165) is 37.6 Å². The van der Waals surface area contributed by atoms with E-state index in [2.05, 4.69) is 81.9 Å². The van der Waals surface area contributed by atoms with E-state index in [1.807, 2.05) is 35.0 Å². The molecule has 0 atom stereocenters. The Morgan fingerprint density at radius 3 is 2.15 bits per heavy atom. The molecule has 2 aromatic heterocycles. The van der Waals surface area contributed by atoms with E-state index in [9.17, 15) is 0 Å². The van der Waals surface area contributed by atoms with Gasteiger partial charge in [-0.3, -0.25) is 4.90 Å². The maximum atomic E-state index is 4.68. The maximum absolute atomic E-state index is 4.68. The summed E-state index contributed by atoms with van der Waals surface area (Å²) >= 11 is 0. The number of hydrogen-bond donors (Lipinski definition) is 2. The van der Waals surface area contributed by atoms with Gasteiger partial charge in [-0.2, -0.15) is 15.0 Å². The van der Waals surface area contributed by atoms with Crippen LogP contribution in [-0.2, 0) is 0 Å². The van der Waals surface area contributed by atoms with Crippen molar-refractivity contribution in [1.82, 2.24) is 29.4 Å². The number of benzene rings is 1. The number of anilines is 4. The quantitative estimate of drug-likeness (QED) is 0.424. The van der Waals surface area contributed by atoms with Crippen molar-refractivity contribution in [2.75, 3.05) is 41.7 Å². The number of aromatic nitrogens is 5. The van der Waals surface area contributed by atoms with E-state index >= 15 is 0 Å². The summed E-state index contributed by atoms with van der Waals surface area (Å²) in [5.74, 6) is 1.77. The number of nitrogens with one attached hydrogen (secondary N) is 2. The summed E-state index contributed by atoms with van der Waals surface area (Å²) in [6.45, 7) is 16.4. The van der Waals surface area contributed by atoms with Gasteiger partial charge in [-0.15, -0.1) is 0 Å². The van der Waals surface area contributed by atoms with Crippen LogP contribution in [-0.4, -0.2) is 67.7 Å². The Kier molecular flexibility index (Phi) is 8.59. The van der Waals surface area contributed by atoms with Crippen molar-refractivity contribution in [3.8, 4) is 5.69 Å². The minimum atomic E-state index is 0.485. The molecule has 0 amide bonds. The highest BCUT2D eigenvalue weighted by Crippen LogP contribution is 2.19. The fraction of sp³-hybridized carbons (Fsp3) is 0.500. The summed E-state index contributed by atoms with van der Waals surface area (Å²) in [7, 11) is 0.